The van der Waals surface area contributed by atoms with E-state index in [4.69, 9.17) is 0 Å². The number of likely N-dealkylation sites (tertiary alicyclic amines) is 1. The Labute approximate surface area is 75.3 Å². The van der Waals surface area contributed by atoms with E-state index in [2.05, 4.69) is 17.3 Å². The molecule has 2 rings (SSSR count). The van der Waals surface area contributed by atoms with Crippen LogP contribution in [-0.4, -0.2) is 37.6 Å². The van der Waals surface area contributed by atoms with Gasteiger partial charge in [0.1, 0.15) is 0 Å². The number of nitrogens with one attached hydrogen (secondary N) is 1. The van der Waals surface area contributed by atoms with Crippen molar-refractivity contribution in [3.05, 3.63) is 0 Å². The van der Waals surface area contributed by atoms with Crippen molar-refractivity contribution in [3.63, 3.8) is 0 Å². The van der Waals surface area contributed by atoms with Crippen LogP contribution in [0.1, 0.15) is 25.7 Å². The molecule has 0 aromatic rings. The number of rotatable bonds is 1. The number of hydrogen-bond acceptors (Lipinski definition) is 2. The summed E-state index contributed by atoms with van der Waals surface area (Å²) in [6, 6.07) is 0.841. The molecule has 0 amide bonds. The van der Waals surface area contributed by atoms with Crippen molar-refractivity contribution in [2.45, 2.75) is 31.7 Å². The Morgan fingerprint density at radius 1 is 1.25 bits per heavy atom. The Bertz CT molecular complexity index is 141. The number of piperidine rings is 1. The molecular weight excluding hydrogens is 148 g/mol. The molecule has 70 valence electrons. The monoisotopic (exact) mass is 168 g/mol. The van der Waals surface area contributed by atoms with Gasteiger partial charge in [-0.1, -0.05) is 0 Å². The van der Waals surface area contributed by atoms with Crippen molar-refractivity contribution in [1.82, 2.24) is 10.2 Å². The third kappa shape index (κ3) is 1.80. The quantitative estimate of drug-likeness (QED) is 0.630. The lowest BCUT2D eigenvalue weighted by atomic mass is 9.90. The zero-order chi connectivity index (χ0) is 8.39. The molecule has 2 heteroatoms. The van der Waals surface area contributed by atoms with E-state index in [1.165, 1.54) is 45.3 Å². The third-order valence-electron chi connectivity index (χ3n) is 3.33. The average Bonchev–Trinajstić information content (AvgIpc) is 2.56. The highest BCUT2D eigenvalue weighted by Gasteiger charge is 2.27. The molecule has 2 unspecified atom stereocenters. The van der Waals surface area contributed by atoms with Gasteiger partial charge in [0.2, 0.25) is 0 Å². The first-order valence-corrected chi connectivity index (χ1v) is 5.28. The normalized spacial score (nSPS) is 38.8. The van der Waals surface area contributed by atoms with Crippen molar-refractivity contribution in [2.24, 2.45) is 5.92 Å². The predicted molar refractivity (Wildman–Crippen MR) is 51.2 cm³/mol. The molecule has 2 saturated heterocycles. The minimum Gasteiger partial charge on any atom is -0.314 e. The zero-order valence-corrected chi connectivity index (χ0v) is 8.05. The van der Waals surface area contributed by atoms with Gasteiger partial charge in [-0.15, -0.1) is 0 Å². The van der Waals surface area contributed by atoms with Gasteiger partial charge in [-0.05, 0) is 51.7 Å². The molecule has 2 aliphatic rings. The first-order valence-electron chi connectivity index (χ1n) is 5.28. The minimum atomic E-state index is 0.841. The van der Waals surface area contributed by atoms with Gasteiger partial charge in [0.15, 0.2) is 0 Å². The molecule has 2 nitrogen and oxygen atoms in total. The van der Waals surface area contributed by atoms with Crippen LogP contribution in [0.2, 0.25) is 0 Å². The Morgan fingerprint density at radius 2 is 2.17 bits per heavy atom. The van der Waals surface area contributed by atoms with E-state index < -0.39 is 0 Å². The fraction of sp³-hybridized carbons (Fsp3) is 1.00. The van der Waals surface area contributed by atoms with Crippen molar-refractivity contribution < 1.29 is 0 Å². The Morgan fingerprint density at radius 3 is 2.83 bits per heavy atom. The molecule has 2 fully saturated rings. The van der Waals surface area contributed by atoms with Crippen molar-refractivity contribution in [1.29, 1.82) is 0 Å². The minimum absolute atomic E-state index is 0.841. The van der Waals surface area contributed by atoms with Gasteiger partial charge in [-0.25, -0.2) is 0 Å². The van der Waals surface area contributed by atoms with E-state index in [9.17, 15) is 0 Å². The Kier molecular flexibility index (Phi) is 2.66. The van der Waals surface area contributed by atoms with Crippen LogP contribution < -0.4 is 5.32 Å². The van der Waals surface area contributed by atoms with E-state index >= 15 is 0 Å². The van der Waals surface area contributed by atoms with Gasteiger partial charge < -0.3 is 10.2 Å². The van der Waals surface area contributed by atoms with Gasteiger partial charge in [0.05, 0.1) is 0 Å². The molecule has 0 spiro atoms. The molecule has 2 aliphatic heterocycles. The summed E-state index contributed by atoms with van der Waals surface area (Å²) in [5.41, 5.74) is 0. The van der Waals surface area contributed by atoms with Crippen molar-refractivity contribution in [2.75, 3.05) is 26.7 Å². The summed E-state index contributed by atoms with van der Waals surface area (Å²) in [5, 5.41) is 3.62. The summed E-state index contributed by atoms with van der Waals surface area (Å²) in [6.45, 7) is 3.88. The third-order valence-corrected chi connectivity index (χ3v) is 3.33. The molecule has 2 heterocycles. The van der Waals surface area contributed by atoms with Gasteiger partial charge >= 0.3 is 0 Å². The Hall–Kier alpha value is -0.0800. The molecule has 0 aliphatic carbocycles. The van der Waals surface area contributed by atoms with Crippen LogP contribution in [0.25, 0.3) is 0 Å². The summed E-state index contributed by atoms with van der Waals surface area (Å²) < 4.78 is 0. The van der Waals surface area contributed by atoms with Crippen LogP contribution in [0.15, 0.2) is 0 Å². The second-order valence-corrected chi connectivity index (χ2v) is 4.37. The second kappa shape index (κ2) is 3.75. The molecule has 12 heavy (non-hydrogen) atoms. The summed E-state index contributed by atoms with van der Waals surface area (Å²) in [7, 11) is 2.25. The van der Waals surface area contributed by atoms with E-state index in [0.29, 0.717) is 0 Å². The topological polar surface area (TPSA) is 15.3 Å². The molecule has 2 atom stereocenters. The van der Waals surface area contributed by atoms with Crippen LogP contribution in [0.3, 0.4) is 0 Å². The van der Waals surface area contributed by atoms with E-state index in [-0.39, 0.29) is 0 Å². The molecular formula is C10H20N2. The highest BCUT2D eigenvalue weighted by Crippen LogP contribution is 2.23. The van der Waals surface area contributed by atoms with Crippen LogP contribution in [0, 0.1) is 5.92 Å². The average molecular weight is 168 g/mol. The highest BCUT2D eigenvalue weighted by atomic mass is 15.1. The van der Waals surface area contributed by atoms with E-state index in [1.807, 2.05) is 0 Å². The van der Waals surface area contributed by atoms with Crippen LogP contribution in [0.5, 0.6) is 0 Å². The van der Waals surface area contributed by atoms with Crippen LogP contribution in [-0.2, 0) is 0 Å². The molecule has 0 aromatic heterocycles. The summed E-state index contributed by atoms with van der Waals surface area (Å²) in [5.74, 6) is 0.936. The SMILES string of the molecule is CN1CCCC(C2CCCN2)C1. The number of hydrogen-bond donors (Lipinski definition) is 1. The molecule has 0 bridgehead atoms. The molecule has 0 aromatic carbocycles. The molecule has 1 N–H and O–H groups in total. The lowest BCUT2D eigenvalue weighted by molar-refractivity contribution is 0.180. The summed E-state index contributed by atoms with van der Waals surface area (Å²) >= 11 is 0. The van der Waals surface area contributed by atoms with Gasteiger partial charge in [0, 0.05) is 12.6 Å². The lowest BCUT2D eigenvalue weighted by Crippen LogP contribution is -2.41. The maximum atomic E-state index is 3.62. The van der Waals surface area contributed by atoms with Crippen LogP contribution in [0.4, 0.5) is 0 Å². The smallest absolute Gasteiger partial charge is 0.0108 e. The summed E-state index contributed by atoms with van der Waals surface area (Å²) in [4.78, 5) is 2.48. The van der Waals surface area contributed by atoms with Crippen LogP contribution >= 0.6 is 0 Å². The first kappa shape index (κ1) is 8.52. The lowest BCUT2D eigenvalue weighted by Gasteiger charge is -2.33. The zero-order valence-electron chi connectivity index (χ0n) is 8.05. The first-order chi connectivity index (χ1) is 5.86. The molecule has 0 saturated carbocycles. The predicted octanol–water partition coefficient (Wildman–Crippen LogP) is 1.08. The maximum absolute atomic E-state index is 3.62. The fourth-order valence-electron chi connectivity index (χ4n) is 2.65. The standard InChI is InChI=1S/C10H20N2/c1-12-7-3-4-9(8-12)10-5-2-6-11-10/h9-11H,2-8H2,1H3. The second-order valence-electron chi connectivity index (χ2n) is 4.37. The van der Waals surface area contributed by atoms with Gasteiger partial charge in [-0.2, -0.15) is 0 Å². The fourth-order valence-corrected chi connectivity index (χ4v) is 2.65. The van der Waals surface area contributed by atoms with Gasteiger partial charge in [-0.3, -0.25) is 0 Å². The number of nitrogens with zero attached hydrogens (tertiary/aromatic N) is 1. The van der Waals surface area contributed by atoms with E-state index in [1.54, 1.807) is 0 Å². The Balaban J connectivity index is 1.85. The molecule has 0 radical (unpaired) electrons. The van der Waals surface area contributed by atoms with E-state index in [0.717, 1.165) is 12.0 Å². The highest BCUT2D eigenvalue weighted by molar-refractivity contribution is 4.85. The summed E-state index contributed by atoms with van der Waals surface area (Å²) in [6.07, 6.45) is 5.66. The van der Waals surface area contributed by atoms with Gasteiger partial charge in [0.25, 0.3) is 0 Å². The largest absolute Gasteiger partial charge is 0.314 e. The van der Waals surface area contributed by atoms with Crippen molar-refractivity contribution in [3.8, 4) is 0 Å². The van der Waals surface area contributed by atoms with Crippen molar-refractivity contribution >= 4 is 0 Å². The maximum Gasteiger partial charge on any atom is 0.0108 e.